The molecule has 1 aromatic carbocycles. The predicted octanol–water partition coefficient (Wildman–Crippen LogP) is 1.81. The van der Waals surface area contributed by atoms with Crippen molar-refractivity contribution >= 4 is 38.9 Å². The fourth-order valence-electron chi connectivity index (χ4n) is 4.16. The van der Waals surface area contributed by atoms with Crippen LogP contribution in [0.2, 0.25) is 0 Å². The lowest BCUT2D eigenvalue weighted by Gasteiger charge is -2.36. The molecule has 1 unspecified atom stereocenters. The molecule has 0 aromatic heterocycles. The number of carbonyl (C=O) groups excluding carboxylic acids is 2. The third kappa shape index (κ3) is 5.74. The number of nitrogens with zero attached hydrogens (tertiary/aromatic N) is 1. The van der Waals surface area contributed by atoms with Crippen molar-refractivity contribution < 1.29 is 36.0 Å². The standard InChI is InChI=1S/C22H31BrNO4S.BrH/c1-22(2,3)28-21(26)24-16-14-29(20(24)15-10-6-5-7-11-15)17(19(16)23)12-8-9-13-18(25)27-4;/h5-7,10-11,16-17,19-20H,8-9,12-14H2,1-4H3;1H/q+1;/p-1/t16-,17+,19+,20+,29?;/m0./s1. The Hall–Kier alpha value is -0.730. The first-order valence-corrected chi connectivity index (χ1v) is 12.6. The van der Waals surface area contributed by atoms with Crippen LogP contribution in [0.5, 0.6) is 0 Å². The predicted molar refractivity (Wildman–Crippen MR) is 120 cm³/mol. The summed E-state index contributed by atoms with van der Waals surface area (Å²) in [6, 6.07) is 10.5. The molecule has 1 aromatic rings. The molecule has 0 radical (unpaired) electrons. The SMILES string of the molecule is COC(=O)CCCC[C@@H]1[C@H](Br)[C@@H]2C[S+]1[C@H](c1ccccc1)N2C(=O)OC(C)(C)C.[Br-]. The van der Waals surface area contributed by atoms with E-state index in [-0.39, 0.29) is 56.2 Å². The first kappa shape index (κ1) is 25.5. The minimum absolute atomic E-state index is 0. The van der Waals surface area contributed by atoms with E-state index >= 15 is 0 Å². The van der Waals surface area contributed by atoms with Crippen molar-refractivity contribution in [3.8, 4) is 0 Å². The molecule has 2 aliphatic rings. The molecule has 2 heterocycles. The Kier molecular flexibility index (Phi) is 9.13. The van der Waals surface area contributed by atoms with Gasteiger partial charge in [0.05, 0.1) is 11.9 Å². The summed E-state index contributed by atoms with van der Waals surface area (Å²) in [5, 5.41) is 0.567. The van der Waals surface area contributed by atoms with E-state index in [0.29, 0.717) is 11.7 Å². The lowest BCUT2D eigenvalue weighted by Crippen LogP contribution is -3.00. The van der Waals surface area contributed by atoms with Crippen LogP contribution in [0.3, 0.4) is 0 Å². The van der Waals surface area contributed by atoms with Crippen molar-refractivity contribution in [2.75, 3.05) is 12.9 Å². The molecule has 3 rings (SSSR count). The van der Waals surface area contributed by atoms with E-state index in [4.69, 9.17) is 9.47 Å². The van der Waals surface area contributed by atoms with Gasteiger partial charge in [0.2, 0.25) is 5.37 Å². The summed E-state index contributed by atoms with van der Waals surface area (Å²) in [4.78, 5) is 26.7. The third-order valence-corrected chi connectivity index (χ3v) is 10.1. The smallest absolute Gasteiger partial charge is 0.414 e. The molecule has 30 heavy (non-hydrogen) atoms. The van der Waals surface area contributed by atoms with Gasteiger partial charge in [0.15, 0.2) is 0 Å². The number of benzene rings is 1. The van der Waals surface area contributed by atoms with E-state index in [1.54, 1.807) is 0 Å². The zero-order valence-electron chi connectivity index (χ0n) is 18.0. The minimum Gasteiger partial charge on any atom is -1.00 e. The average molecular weight is 565 g/mol. The molecule has 1 amide bonds. The van der Waals surface area contributed by atoms with Crippen LogP contribution in [-0.4, -0.2) is 51.5 Å². The number of hydrogen-bond donors (Lipinski definition) is 0. The monoisotopic (exact) mass is 563 g/mol. The van der Waals surface area contributed by atoms with Crippen molar-refractivity contribution in [2.45, 2.75) is 73.5 Å². The molecule has 5 nitrogen and oxygen atoms in total. The number of halogens is 2. The molecule has 2 saturated heterocycles. The van der Waals surface area contributed by atoms with E-state index in [2.05, 4.69) is 28.1 Å². The van der Waals surface area contributed by atoms with Crippen molar-refractivity contribution in [1.82, 2.24) is 4.90 Å². The maximum absolute atomic E-state index is 13.1. The number of fused-ring (bicyclic) bond motifs is 2. The second kappa shape index (κ2) is 10.7. The van der Waals surface area contributed by atoms with Crippen molar-refractivity contribution in [2.24, 2.45) is 0 Å². The van der Waals surface area contributed by atoms with E-state index in [0.717, 1.165) is 25.0 Å². The maximum atomic E-state index is 13.1. The lowest BCUT2D eigenvalue weighted by molar-refractivity contribution is -0.140. The number of esters is 1. The van der Waals surface area contributed by atoms with Gasteiger partial charge < -0.3 is 26.5 Å². The highest BCUT2D eigenvalue weighted by Crippen LogP contribution is 2.52. The Morgan fingerprint density at radius 2 is 1.87 bits per heavy atom. The van der Waals surface area contributed by atoms with E-state index < -0.39 is 5.60 Å². The highest BCUT2D eigenvalue weighted by molar-refractivity contribution is 9.09. The number of amides is 1. The molecule has 0 N–H and O–H groups in total. The molecule has 168 valence electrons. The van der Waals surface area contributed by atoms with Crippen LogP contribution >= 0.6 is 15.9 Å². The van der Waals surface area contributed by atoms with Gasteiger partial charge in [-0.2, -0.15) is 0 Å². The molecule has 0 spiro atoms. The number of ether oxygens (including phenoxy) is 2. The van der Waals surface area contributed by atoms with Gasteiger partial charge in [-0.3, -0.25) is 4.79 Å². The van der Waals surface area contributed by atoms with Gasteiger partial charge in [0.1, 0.15) is 22.6 Å². The van der Waals surface area contributed by atoms with Crippen molar-refractivity contribution in [3.63, 3.8) is 0 Å². The van der Waals surface area contributed by atoms with Crippen LogP contribution in [0.25, 0.3) is 0 Å². The largest absolute Gasteiger partial charge is 1.00 e. The minimum atomic E-state index is -0.516. The number of unbranched alkanes of at least 4 members (excludes halogenated alkanes) is 1. The van der Waals surface area contributed by atoms with Gasteiger partial charge in [-0.05, 0) is 40.0 Å². The van der Waals surface area contributed by atoms with Crippen LogP contribution in [0.1, 0.15) is 57.4 Å². The maximum Gasteiger partial charge on any atom is 0.414 e. The summed E-state index contributed by atoms with van der Waals surface area (Å²) >= 11 is 3.91. The van der Waals surface area contributed by atoms with Gasteiger partial charge in [-0.15, -0.1) is 0 Å². The fraction of sp³-hybridized carbons (Fsp3) is 0.636. The summed E-state index contributed by atoms with van der Waals surface area (Å²) in [5.74, 6) is 0.866. The van der Waals surface area contributed by atoms with Crippen LogP contribution < -0.4 is 17.0 Å². The second-order valence-electron chi connectivity index (χ2n) is 8.66. The molecular weight excluding hydrogens is 534 g/mol. The number of carbonyl (C=O) groups is 2. The second-order valence-corrected chi connectivity index (χ2v) is 12.0. The molecular formula is C22H31Br2NO4S. The summed E-state index contributed by atoms with van der Waals surface area (Å²) in [5.41, 5.74) is 0.668. The van der Waals surface area contributed by atoms with E-state index in [1.165, 1.54) is 12.7 Å². The topological polar surface area (TPSA) is 55.8 Å². The molecule has 2 aliphatic heterocycles. The number of alkyl halides is 1. The van der Waals surface area contributed by atoms with Gasteiger partial charge in [0, 0.05) is 22.9 Å². The fourth-order valence-corrected chi connectivity index (χ4v) is 9.50. The first-order valence-electron chi connectivity index (χ1n) is 10.2. The van der Waals surface area contributed by atoms with Gasteiger partial charge >= 0.3 is 12.1 Å². The number of rotatable bonds is 6. The van der Waals surface area contributed by atoms with Crippen LogP contribution in [0, 0.1) is 0 Å². The van der Waals surface area contributed by atoms with Gasteiger partial charge in [-0.25, -0.2) is 9.69 Å². The Morgan fingerprint density at radius 1 is 1.20 bits per heavy atom. The third-order valence-electron chi connectivity index (χ3n) is 5.41. The molecule has 2 bridgehead atoms. The van der Waals surface area contributed by atoms with Crippen molar-refractivity contribution in [3.05, 3.63) is 35.9 Å². The zero-order valence-corrected chi connectivity index (χ0v) is 22.0. The summed E-state index contributed by atoms with van der Waals surface area (Å²) in [6.07, 6.45) is 3.14. The van der Waals surface area contributed by atoms with E-state index in [9.17, 15) is 9.59 Å². The molecule has 8 heteroatoms. The van der Waals surface area contributed by atoms with E-state index in [1.807, 2.05) is 43.9 Å². The highest BCUT2D eigenvalue weighted by atomic mass is 79.9. The normalized spacial score (nSPS) is 27.5. The first-order chi connectivity index (χ1) is 13.7. The van der Waals surface area contributed by atoms with Crippen LogP contribution in [0.4, 0.5) is 4.79 Å². The Bertz CT molecular complexity index is 728. The molecule has 0 saturated carbocycles. The molecule has 2 fully saturated rings. The summed E-state index contributed by atoms with van der Waals surface area (Å²) in [7, 11) is 1.48. The highest BCUT2D eigenvalue weighted by Gasteiger charge is 2.66. The molecule has 5 atom stereocenters. The average Bonchev–Trinajstić information content (AvgIpc) is 3.20. The number of methoxy groups -OCH3 is 1. The van der Waals surface area contributed by atoms with Gasteiger partial charge in [0.25, 0.3) is 0 Å². The van der Waals surface area contributed by atoms with Crippen LogP contribution in [-0.2, 0) is 25.2 Å². The quantitative estimate of drug-likeness (QED) is 0.229. The van der Waals surface area contributed by atoms with Crippen LogP contribution in [0.15, 0.2) is 30.3 Å². The summed E-state index contributed by atoms with van der Waals surface area (Å²) in [6.45, 7) is 5.73. The van der Waals surface area contributed by atoms with Crippen molar-refractivity contribution in [1.29, 1.82) is 0 Å². The summed E-state index contributed by atoms with van der Waals surface area (Å²) < 4.78 is 10.5. The Balaban J connectivity index is 0.00000320. The molecule has 0 aliphatic carbocycles. The lowest BCUT2D eigenvalue weighted by atomic mass is 10.0. The Morgan fingerprint density at radius 3 is 2.47 bits per heavy atom. The number of hydrogen-bond acceptors (Lipinski definition) is 4. The zero-order chi connectivity index (χ0) is 21.2. The van der Waals surface area contributed by atoms with Gasteiger partial charge in [-0.1, -0.05) is 46.3 Å². The Labute approximate surface area is 201 Å².